The lowest BCUT2D eigenvalue weighted by Crippen LogP contribution is -2.42. The first-order chi connectivity index (χ1) is 9.20. The van der Waals surface area contributed by atoms with Crippen LogP contribution < -0.4 is 11.1 Å². The van der Waals surface area contributed by atoms with Gasteiger partial charge in [-0.2, -0.15) is 0 Å². The summed E-state index contributed by atoms with van der Waals surface area (Å²) in [6.45, 7) is 0.446. The van der Waals surface area contributed by atoms with Gasteiger partial charge in [0.15, 0.2) is 0 Å². The second kappa shape index (κ2) is 6.29. The Morgan fingerprint density at radius 3 is 2.84 bits per heavy atom. The van der Waals surface area contributed by atoms with Gasteiger partial charge in [0.25, 0.3) is 0 Å². The van der Waals surface area contributed by atoms with Crippen LogP contribution in [0.5, 0.6) is 0 Å². The minimum atomic E-state index is -0.314. The largest absolute Gasteiger partial charge is 0.346 e. The number of hydrogen-bond donors (Lipinski definition) is 2. The van der Waals surface area contributed by atoms with Crippen molar-refractivity contribution in [2.24, 2.45) is 5.73 Å². The van der Waals surface area contributed by atoms with E-state index in [2.05, 4.69) is 10.3 Å². The Balaban J connectivity index is 1.92. The second-order valence-corrected chi connectivity index (χ2v) is 4.59. The molecule has 0 aliphatic heterocycles. The molecule has 0 saturated heterocycles. The van der Waals surface area contributed by atoms with Crippen molar-refractivity contribution < 1.29 is 9.59 Å². The molecule has 0 unspecified atom stereocenters. The van der Waals surface area contributed by atoms with Crippen LogP contribution in [0.1, 0.15) is 18.4 Å². The number of amides is 2. The summed E-state index contributed by atoms with van der Waals surface area (Å²) in [5, 5.41) is 2.51. The zero-order valence-corrected chi connectivity index (χ0v) is 10.7. The number of nitrogens with two attached hydrogens (primary N) is 1. The van der Waals surface area contributed by atoms with Gasteiger partial charge >= 0.3 is 0 Å². The fourth-order valence-corrected chi connectivity index (χ4v) is 1.84. The maximum Gasteiger partial charge on any atom is 0.242 e. The highest BCUT2D eigenvalue weighted by Crippen LogP contribution is 2.28. The highest BCUT2D eigenvalue weighted by atomic mass is 16.2. The third kappa shape index (κ3) is 4.03. The lowest BCUT2D eigenvalue weighted by molar-refractivity contribution is -0.133. The second-order valence-electron chi connectivity index (χ2n) is 4.59. The van der Waals surface area contributed by atoms with E-state index in [0.29, 0.717) is 12.6 Å². The van der Waals surface area contributed by atoms with Gasteiger partial charge in [-0.25, -0.2) is 0 Å². The summed E-state index contributed by atoms with van der Waals surface area (Å²) in [5.41, 5.74) is 6.18. The summed E-state index contributed by atoms with van der Waals surface area (Å²) in [6.07, 6.45) is 5.50. The van der Waals surface area contributed by atoms with Crippen molar-refractivity contribution >= 4 is 11.8 Å². The van der Waals surface area contributed by atoms with E-state index in [1.165, 1.54) is 0 Å². The first-order valence-corrected chi connectivity index (χ1v) is 6.36. The lowest BCUT2D eigenvalue weighted by Gasteiger charge is -2.22. The molecule has 0 radical (unpaired) electrons. The molecule has 0 bridgehead atoms. The number of pyridine rings is 1. The quantitative estimate of drug-likeness (QED) is 0.733. The molecular formula is C13H18N4O2. The predicted octanol–water partition coefficient (Wildman–Crippen LogP) is -0.353. The van der Waals surface area contributed by atoms with Crippen LogP contribution in [0.2, 0.25) is 0 Å². The molecule has 0 spiro atoms. The number of nitrogens with zero attached hydrogens (tertiary/aromatic N) is 2. The zero-order chi connectivity index (χ0) is 13.7. The molecule has 0 aromatic carbocycles. The number of nitrogens with one attached hydrogen (secondary N) is 1. The van der Waals surface area contributed by atoms with Crippen LogP contribution in [0.15, 0.2) is 24.5 Å². The first kappa shape index (κ1) is 13.5. The van der Waals surface area contributed by atoms with E-state index in [-0.39, 0.29) is 24.9 Å². The Hall–Kier alpha value is -1.95. The van der Waals surface area contributed by atoms with Gasteiger partial charge in [-0.15, -0.1) is 0 Å². The highest BCUT2D eigenvalue weighted by Gasteiger charge is 2.32. The molecule has 1 aliphatic rings. The van der Waals surface area contributed by atoms with Crippen molar-refractivity contribution in [3.8, 4) is 0 Å². The number of hydrogen-bond acceptors (Lipinski definition) is 4. The van der Waals surface area contributed by atoms with Crippen LogP contribution >= 0.6 is 0 Å². The van der Waals surface area contributed by atoms with E-state index in [4.69, 9.17) is 5.73 Å². The third-order valence-corrected chi connectivity index (χ3v) is 3.01. The van der Waals surface area contributed by atoms with Gasteiger partial charge in [-0.05, 0) is 24.5 Å². The van der Waals surface area contributed by atoms with Crippen molar-refractivity contribution in [2.45, 2.75) is 25.4 Å². The maximum atomic E-state index is 12.1. The normalized spacial score (nSPS) is 13.9. The summed E-state index contributed by atoms with van der Waals surface area (Å²) in [7, 11) is 0. The number of aromatic nitrogens is 1. The summed E-state index contributed by atoms with van der Waals surface area (Å²) in [5.74, 6) is -0.390. The van der Waals surface area contributed by atoms with Gasteiger partial charge in [-0.1, -0.05) is 6.07 Å². The molecule has 1 aromatic rings. The molecule has 3 N–H and O–H groups in total. The van der Waals surface area contributed by atoms with E-state index in [1.807, 2.05) is 12.1 Å². The molecule has 2 amide bonds. The van der Waals surface area contributed by atoms with Crippen LogP contribution in [0.25, 0.3) is 0 Å². The van der Waals surface area contributed by atoms with Crippen molar-refractivity contribution in [1.29, 1.82) is 0 Å². The fourth-order valence-electron chi connectivity index (χ4n) is 1.84. The monoisotopic (exact) mass is 262 g/mol. The van der Waals surface area contributed by atoms with Crippen LogP contribution in [0, 0.1) is 0 Å². The van der Waals surface area contributed by atoms with Crippen LogP contribution in [0.3, 0.4) is 0 Å². The first-order valence-electron chi connectivity index (χ1n) is 6.36. The molecule has 0 atom stereocenters. The zero-order valence-electron chi connectivity index (χ0n) is 10.7. The van der Waals surface area contributed by atoms with E-state index < -0.39 is 0 Å². The maximum absolute atomic E-state index is 12.1. The lowest BCUT2D eigenvalue weighted by atomic mass is 10.2. The van der Waals surface area contributed by atoms with Crippen LogP contribution in [0.4, 0.5) is 0 Å². The van der Waals surface area contributed by atoms with Gasteiger partial charge in [0, 0.05) is 25.0 Å². The van der Waals surface area contributed by atoms with E-state index >= 15 is 0 Å². The summed E-state index contributed by atoms with van der Waals surface area (Å²) in [4.78, 5) is 29.0. The Bertz CT molecular complexity index is 445. The third-order valence-electron chi connectivity index (χ3n) is 3.01. The van der Waals surface area contributed by atoms with Gasteiger partial charge in [0.2, 0.25) is 11.8 Å². The fraction of sp³-hybridized carbons (Fsp3) is 0.462. The molecule has 102 valence electrons. The predicted molar refractivity (Wildman–Crippen MR) is 69.9 cm³/mol. The Morgan fingerprint density at radius 1 is 1.47 bits per heavy atom. The summed E-state index contributed by atoms with van der Waals surface area (Å²) >= 11 is 0. The highest BCUT2D eigenvalue weighted by molar-refractivity contribution is 5.85. The minimum absolute atomic E-state index is 0.00674. The average molecular weight is 262 g/mol. The molecule has 1 fully saturated rings. The van der Waals surface area contributed by atoms with E-state index in [1.54, 1.807) is 17.3 Å². The molecule has 6 nitrogen and oxygen atoms in total. The summed E-state index contributed by atoms with van der Waals surface area (Å²) < 4.78 is 0. The van der Waals surface area contributed by atoms with Crippen LogP contribution in [-0.2, 0) is 16.1 Å². The van der Waals surface area contributed by atoms with Gasteiger partial charge < -0.3 is 16.0 Å². The van der Waals surface area contributed by atoms with Crippen molar-refractivity contribution in [3.05, 3.63) is 30.1 Å². The van der Waals surface area contributed by atoms with Crippen LogP contribution in [-0.4, -0.2) is 40.8 Å². The molecular weight excluding hydrogens is 244 g/mol. The summed E-state index contributed by atoms with van der Waals surface area (Å²) in [6, 6.07) is 4.08. The molecule has 1 aliphatic carbocycles. The van der Waals surface area contributed by atoms with E-state index in [0.717, 1.165) is 18.4 Å². The standard InChI is InChI=1S/C13H18N4O2/c14-6-12(18)16-8-13(19)17(11-3-4-11)9-10-2-1-5-15-7-10/h1-2,5,7,11H,3-4,6,8-9,14H2,(H,16,18). The van der Waals surface area contributed by atoms with Gasteiger partial charge in [0.1, 0.15) is 0 Å². The molecule has 6 heteroatoms. The molecule has 1 saturated carbocycles. The molecule has 1 aromatic heterocycles. The van der Waals surface area contributed by atoms with Crippen molar-refractivity contribution in [2.75, 3.05) is 13.1 Å². The minimum Gasteiger partial charge on any atom is -0.346 e. The Kier molecular flexibility index (Phi) is 4.46. The van der Waals surface area contributed by atoms with Crippen molar-refractivity contribution in [1.82, 2.24) is 15.2 Å². The number of carbonyl (C=O) groups is 2. The Labute approximate surface area is 112 Å². The number of rotatable bonds is 6. The van der Waals surface area contributed by atoms with Crippen molar-refractivity contribution in [3.63, 3.8) is 0 Å². The van der Waals surface area contributed by atoms with Gasteiger partial charge in [0.05, 0.1) is 13.1 Å². The molecule has 2 rings (SSSR count). The number of carbonyl (C=O) groups excluding carboxylic acids is 2. The SMILES string of the molecule is NCC(=O)NCC(=O)N(Cc1cccnc1)C1CC1. The van der Waals surface area contributed by atoms with E-state index in [9.17, 15) is 9.59 Å². The molecule has 1 heterocycles. The molecule has 19 heavy (non-hydrogen) atoms. The average Bonchev–Trinajstić information content (AvgIpc) is 3.27. The van der Waals surface area contributed by atoms with Gasteiger partial charge in [-0.3, -0.25) is 14.6 Å². The topological polar surface area (TPSA) is 88.3 Å². The smallest absolute Gasteiger partial charge is 0.242 e. The Morgan fingerprint density at radius 2 is 2.26 bits per heavy atom.